The normalized spacial score (nSPS) is 25.5. The zero-order chi connectivity index (χ0) is 9.97. The molecule has 1 aliphatic rings. The van der Waals surface area contributed by atoms with Crippen LogP contribution in [-0.4, -0.2) is 6.61 Å². The van der Waals surface area contributed by atoms with Crippen LogP contribution in [0.5, 0.6) is 5.75 Å². The minimum Gasteiger partial charge on any atom is -0.493 e. The van der Waals surface area contributed by atoms with Crippen molar-refractivity contribution in [1.29, 1.82) is 0 Å². The molecule has 1 aromatic rings. The Kier molecular flexibility index (Phi) is 2.62. The van der Waals surface area contributed by atoms with Crippen LogP contribution in [0.25, 0.3) is 0 Å². The highest BCUT2D eigenvalue weighted by atomic mass is 16.5. The van der Waals surface area contributed by atoms with Gasteiger partial charge in [-0.25, -0.2) is 0 Å². The molecule has 2 heteroatoms. The van der Waals surface area contributed by atoms with Gasteiger partial charge in [0.1, 0.15) is 5.75 Å². The Labute approximate surface area is 85.1 Å². The molecule has 0 saturated heterocycles. The average molecular weight is 191 g/mol. The zero-order valence-electron chi connectivity index (χ0n) is 8.57. The summed E-state index contributed by atoms with van der Waals surface area (Å²) in [5.41, 5.74) is 6.43. The van der Waals surface area contributed by atoms with Crippen LogP contribution in [-0.2, 0) is 0 Å². The van der Waals surface area contributed by atoms with Gasteiger partial charge >= 0.3 is 0 Å². The maximum atomic E-state index is 5.68. The molecule has 0 aromatic heterocycles. The second kappa shape index (κ2) is 3.91. The van der Waals surface area contributed by atoms with Crippen molar-refractivity contribution in [1.82, 2.24) is 0 Å². The molecule has 0 heterocycles. The minimum atomic E-state index is 0.747. The Morgan fingerprint density at radius 1 is 1.43 bits per heavy atom. The first-order valence-electron chi connectivity index (χ1n) is 5.24. The van der Waals surface area contributed by atoms with E-state index in [4.69, 9.17) is 10.5 Å². The number of hydrogen-bond acceptors (Lipinski definition) is 2. The molecular weight excluding hydrogens is 174 g/mol. The molecule has 2 N–H and O–H groups in total. The Hall–Kier alpha value is -1.18. The summed E-state index contributed by atoms with van der Waals surface area (Å²) >= 11 is 0. The molecule has 1 fully saturated rings. The number of nitrogens with two attached hydrogens (primary N) is 1. The summed E-state index contributed by atoms with van der Waals surface area (Å²) < 4.78 is 5.68. The fourth-order valence-corrected chi connectivity index (χ4v) is 1.79. The minimum absolute atomic E-state index is 0.747. The van der Waals surface area contributed by atoms with Crippen molar-refractivity contribution in [2.75, 3.05) is 12.3 Å². The molecule has 0 aliphatic heterocycles. The van der Waals surface area contributed by atoms with Crippen LogP contribution >= 0.6 is 0 Å². The van der Waals surface area contributed by atoms with Gasteiger partial charge in [-0.1, -0.05) is 13.0 Å². The van der Waals surface area contributed by atoms with E-state index in [-0.39, 0.29) is 0 Å². The Balaban J connectivity index is 1.85. The maximum Gasteiger partial charge on any atom is 0.121 e. The third kappa shape index (κ3) is 2.00. The van der Waals surface area contributed by atoms with Crippen molar-refractivity contribution < 1.29 is 4.74 Å². The van der Waals surface area contributed by atoms with Crippen molar-refractivity contribution in [2.24, 2.45) is 11.8 Å². The number of ether oxygens (including phenoxy) is 1. The fraction of sp³-hybridized carbons (Fsp3) is 0.500. The lowest BCUT2D eigenvalue weighted by Gasteiger charge is -2.33. The topological polar surface area (TPSA) is 35.2 Å². The lowest BCUT2D eigenvalue weighted by molar-refractivity contribution is 0.116. The molecule has 2 unspecified atom stereocenters. The second-order valence-electron chi connectivity index (χ2n) is 4.20. The van der Waals surface area contributed by atoms with E-state index >= 15 is 0 Å². The summed E-state index contributed by atoms with van der Waals surface area (Å²) in [7, 11) is 0. The van der Waals surface area contributed by atoms with Gasteiger partial charge in [-0.15, -0.1) is 0 Å². The molecule has 1 aromatic carbocycles. The smallest absolute Gasteiger partial charge is 0.121 e. The van der Waals surface area contributed by atoms with Crippen LogP contribution in [0.3, 0.4) is 0 Å². The summed E-state index contributed by atoms with van der Waals surface area (Å²) in [6.07, 6.45) is 2.66. The van der Waals surface area contributed by atoms with E-state index in [2.05, 4.69) is 6.92 Å². The van der Waals surface area contributed by atoms with E-state index in [1.807, 2.05) is 24.3 Å². The van der Waals surface area contributed by atoms with Gasteiger partial charge < -0.3 is 10.5 Å². The number of anilines is 1. The molecule has 0 amide bonds. The van der Waals surface area contributed by atoms with Gasteiger partial charge in [-0.2, -0.15) is 0 Å². The summed E-state index contributed by atoms with van der Waals surface area (Å²) in [4.78, 5) is 0. The molecule has 0 spiro atoms. The van der Waals surface area contributed by atoms with Crippen LogP contribution in [0.15, 0.2) is 24.3 Å². The largest absolute Gasteiger partial charge is 0.493 e. The molecule has 1 saturated carbocycles. The van der Waals surface area contributed by atoms with Crippen LogP contribution in [0.1, 0.15) is 19.8 Å². The number of benzene rings is 1. The van der Waals surface area contributed by atoms with E-state index in [1.54, 1.807) is 0 Å². The molecule has 0 bridgehead atoms. The van der Waals surface area contributed by atoms with Crippen LogP contribution in [0.4, 0.5) is 5.69 Å². The first-order chi connectivity index (χ1) is 6.75. The SMILES string of the molecule is CC1CCC1COc1cccc(N)c1. The highest BCUT2D eigenvalue weighted by Crippen LogP contribution is 2.33. The van der Waals surface area contributed by atoms with Crippen LogP contribution < -0.4 is 10.5 Å². The average Bonchev–Trinajstić information content (AvgIpc) is 2.16. The summed E-state index contributed by atoms with van der Waals surface area (Å²) in [5, 5.41) is 0. The van der Waals surface area contributed by atoms with Gasteiger partial charge in [0.05, 0.1) is 6.61 Å². The van der Waals surface area contributed by atoms with Crippen LogP contribution in [0.2, 0.25) is 0 Å². The van der Waals surface area contributed by atoms with Gasteiger partial charge in [-0.3, -0.25) is 0 Å². The van der Waals surface area contributed by atoms with E-state index in [9.17, 15) is 0 Å². The van der Waals surface area contributed by atoms with Gasteiger partial charge in [0, 0.05) is 11.8 Å². The lowest BCUT2D eigenvalue weighted by atomic mass is 9.75. The van der Waals surface area contributed by atoms with Gasteiger partial charge in [0.15, 0.2) is 0 Å². The first-order valence-corrected chi connectivity index (χ1v) is 5.24. The Morgan fingerprint density at radius 3 is 2.86 bits per heavy atom. The fourth-order valence-electron chi connectivity index (χ4n) is 1.79. The van der Waals surface area contributed by atoms with Crippen molar-refractivity contribution in [2.45, 2.75) is 19.8 Å². The molecule has 2 nitrogen and oxygen atoms in total. The second-order valence-corrected chi connectivity index (χ2v) is 4.20. The van der Waals surface area contributed by atoms with Gasteiger partial charge in [-0.05, 0) is 36.8 Å². The standard InChI is InChI=1S/C12H17NO/c1-9-5-6-10(9)8-14-12-4-2-3-11(13)7-12/h2-4,7,9-10H,5-6,8,13H2,1H3. The number of hydrogen-bond donors (Lipinski definition) is 1. The summed E-state index contributed by atoms with van der Waals surface area (Å²) in [6.45, 7) is 3.13. The van der Waals surface area contributed by atoms with Crippen molar-refractivity contribution in [3.05, 3.63) is 24.3 Å². The third-order valence-electron chi connectivity index (χ3n) is 3.12. The highest BCUT2D eigenvalue weighted by molar-refractivity contribution is 5.43. The molecule has 14 heavy (non-hydrogen) atoms. The summed E-state index contributed by atoms with van der Waals surface area (Å²) in [5.74, 6) is 2.47. The molecule has 1 aliphatic carbocycles. The van der Waals surface area contributed by atoms with E-state index in [0.717, 1.165) is 29.9 Å². The third-order valence-corrected chi connectivity index (χ3v) is 3.12. The van der Waals surface area contributed by atoms with Crippen LogP contribution in [0, 0.1) is 11.8 Å². The van der Waals surface area contributed by atoms with Crippen molar-refractivity contribution in [3.63, 3.8) is 0 Å². The van der Waals surface area contributed by atoms with Gasteiger partial charge in [0.25, 0.3) is 0 Å². The van der Waals surface area contributed by atoms with E-state index < -0.39 is 0 Å². The molecule has 2 atom stereocenters. The Morgan fingerprint density at radius 2 is 2.29 bits per heavy atom. The van der Waals surface area contributed by atoms with Crippen molar-refractivity contribution >= 4 is 5.69 Å². The zero-order valence-corrected chi connectivity index (χ0v) is 8.57. The molecule has 2 rings (SSSR count). The molecule has 0 radical (unpaired) electrons. The highest BCUT2D eigenvalue weighted by Gasteiger charge is 2.26. The van der Waals surface area contributed by atoms with E-state index in [1.165, 1.54) is 12.8 Å². The lowest BCUT2D eigenvalue weighted by Crippen LogP contribution is -2.28. The van der Waals surface area contributed by atoms with Gasteiger partial charge in [0.2, 0.25) is 0 Å². The molecular formula is C12H17NO. The van der Waals surface area contributed by atoms with Crippen molar-refractivity contribution in [3.8, 4) is 5.75 Å². The number of rotatable bonds is 3. The maximum absolute atomic E-state index is 5.68. The monoisotopic (exact) mass is 191 g/mol. The quantitative estimate of drug-likeness (QED) is 0.745. The first kappa shape index (κ1) is 9.38. The predicted molar refractivity (Wildman–Crippen MR) is 58.2 cm³/mol. The molecule has 76 valence electrons. The van der Waals surface area contributed by atoms with E-state index in [0.29, 0.717) is 0 Å². The number of nitrogen functional groups attached to an aromatic ring is 1. The summed E-state index contributed by atoms with van der Waals surface area (Å²) in [6, 6.07) is 7.64. The Bertz CT molecular complexity index is 311. The predicted octanol–water partition coefficient (Wildman–Crippen LogP) is 2.69.